The SMILES string of the molecule is C#CCSc1nc(=O)c2c(n1C)NC(=O)CC2c1ccc2ccccc2c1. The summed E-state index contributed by atoms with van der Waals surface area (Å²) in [5.74, 6) is 2.99. The van der Waals surface area contributed by atoms with Gasteiger partial charge in [-0.25, -0.2) is 0 Å². The van der Waals surface area contributed by atoms with Gasteiger partial charge in [0.05, 0.1) is 11.3 Å². The molecule has 1 aromatic heterocycles. The molecule has 1 unspecified atom stereocenters. The molecule has 4 rings (SSSR count). The summed E-state index contributed by atoms with van der Waals surface area (Å²) in [6, 6.07) is 14.1. The first kappa shape index (κ1) is 17.4. The van der Waals surface area contributed by atoms with Crippen molar-refractivity contribution in [2.24, 2.45) is 7.05 Å². The molecule has 0 bridgehead atoms. The summed E-state index contributed by atoms with van der Waals surface area (Å²) in [7, 11) is 1.78. The van der Waals surface area contributed by atoms with Gasteiger partial charge in [0.1, 0.15) is 5.82 Å². The van der Waals surface area contributed by atoms with Gasteiger partial charge in [-0.15, -0.1) is 6.42 Å². The zero-order valence-electron chi connectivity index (χ0n) is 14.7. The number of benzene rings is 2. The lowest BCUT2D eigenvalue weighted by molar-refractivity contribution is -0.116. The number of fused-ring (bicyclic) bond motifs is 2. The number of rotatable bonds is 3. The fourth-order valence-corrected chi connectivity index (χ4v) is 4.12. The van der Waals surface area contributed by atoms with Gasteiger partial charge in [-0.05, 0) is 16.3 Å². The topological polar surface area (TPSA) is 64.0 Å². The van der Waals surface area contributed by atoms with E-state index in [2.05, 4.69) is 16.2 Å². The largest absolute Gasteiger partial charge is 0.312 e. The van der Waals surface area contributed by atoms with Gasteiger partial charge in [0.2, 0.25) is 5.91 Å². The van der Waals surface area contributed by atoms with Gasteiger partial charge in [0.25, 0.3) is 5.56 Å². The van der Waals surface area contributed by atoms with Crippen molar-refractivity contribution in [3.05, 3.63) is 63.9 Å². The third kappa shape index (κ3) is 3.11. The van der Waals surface area contributed by atoms with Gasteiger partial charge in [-0.1, -0.05) is 60.1 Å². The molecule has 1 aliphatic rings. The Morgan fingerprint density at radius 3 is 2.81 bits per heavy atom. The van der Waals surface area contributed by atoms with Crippen LogP contribution in [0.5, 0.6) is 0 Å². The van der Waals surface area contributed by atoms with Crippen LogP contribution in [-0.4, -0.2) is 21.2 Å². The van der Waals surface area contributed by atoms with E-state index >= 15 is 0 Å². The lowest BCUT2D eigenvalue weighted by atomic mass is 9.86. The summed E-state index contributed by atoms with van der Waals surface area (Å²) in [6.07, 6.45) is 5.53. The average molecular weight is 375 g/mol. The van der Waals surface area contributed by atoms with Crippen LogP contribution in [0.4, 0.5) is 5.82 Å². The highest BCUT2D eigenvalue weighted by atomic mass is 32.2. The number of thioether (sulfide) groups is 1. The van der Waals surface area contributed by atoms with E-state index in [1.54, 1.807) is 11.6 Å². The minimum absolute atomic E-state index is 0.116. The first-order valence-corrected chi connectivity index (χ1v) is 9.53. The third-order valence-corrected chi connectivity index (χ3v) is 5.70. The highest BCUT2D eigenvalue weighted by molar-refractivity contribution is 7.99. The number of aromatic nitrogens is 2. The van der Waals surface area contributed by atoms with Crippen molar-refractivity contribution in [3.63, 3.8) is 0 Å². The number of carbonyl (C=O) groups excluding carboxylic acids is 1. The average Bonchev–Trinajstić information content (AvgIpc) is 2.68. The maximum atomic E-state index is 12.8. The molecular weight excluding hydrogens is 358 g/mol. The molecule has 0 spiro atoms. The van der Waals surface area contributed by atoms with Gasteiger partial charge < -0.3 is 9.88 Å². The first-order chi connectivity index (χ1) is 13.1. The number of amides is 1. The summed E-state index contributed by atoms with van der Waals surface area (Å²) in [4.78, 5) is 29.4. The number of hydrogen-bond donors (Lipinski definition) is 1. The summed E-state index contributed by atoms with van der Waals surface area (Å²) in [5, 5.41) is 5.53. The van der Waals surface area contributed by atoms with E-state index in [1.807, 2.05) is 42.5 Å². The van der Waals surface area contributed by atoms with E-state index in [-0.39, 0.29) is 23.8 Å². The van der Waals surface area contributed by atoms with Gasteiger partial charge in [-0.3, -0.25) is 9.59 Å². The molecule has 5 nitrogen and oxygen atoms in total. The summed E-state index contributed by atoms with van der Waals surface area (Å²) >= 11 is 1.30. The quantitative estimate of drug-likeness (QED) is 0.434. The Labute approximate surface area is 160 Å². The second-order valence-electron chi connectivity index (χ2n) is 6.43. The van der Waals surface area contributed by atoms with Crippen LogP contribution in [0, 0.1) is 12.3 Å². The standard InChI is InChI=1S/C21H17N3O2S/c1-3-10-27-21-23-20(26)18-16(12-17(25)22-19(18)24(21)2)15-9-8-13-6-4-5-7-14(13)11-15/h1,4-9,11,16H,10,12H2,2H3,(H,22,25). The van der Waals surface area contributed by atoms with Crippen molar-refractivity contribution in [3.8, 4) is 12.3 Å². The van der Waals surface area contributed by atoms with Crippen LogP contribution in [0.2, 0.25) is 0 Å². The summed E-state index contributed by atoms with van der Waals surface area (Å²) < 4.78 is 1.74. The highest BCUT2D eigenvalue weighted by Crippen LogP contribution is 2.36. The van der Waals surface area contributed by atoms with E-state index in [1.165, 1.54) is 11.8 Å². The third-order valence-electron chi connectivity index (χ3n) is 4.76. The monoisotopic (exact) mass is 375 g/mol. The lowest BCUT2D eigenvalue weighted by Crippen LogP contribution is -2.33. The van der Waals surface area contributed by atoms with Crippen LogP contribution in [0.1, 0.15) is 23.5 Å². The molecule has 134 valence electrons. The highest BCUT2D eigenvalue weighted by Gasteiger charge is 2.32. The molecule has 1 amide bonds. The van der Waals surface area contributed by atoms with Crippen molar-refractivity contribution in [1.29, 1.82) is 0 Å². The summed E-state index contributed by atoms with van der Waals surface area (Å²) in [6.45, 7) is 0. The fraction of sp³-hybridized carbons (Fsp3) is 0.190. The number of hydrogen-bond acceptors (Lipinski definition) is 4. The minimum Gasteiger partial charge on any atom is -0.312 e. The van der Waals surface area contributed by atoms with Crippen LogP contribution >= 0.6 is 11.8 Å². The maximum absolute atomic E-state index is 12.8. The Kier molecular flexibility index (Phi) is 4.46. The molecule has 0 aliphatic carbocycles. The molecule has 0 radical (unpaired) electrons. The zero-order valence-corrected chi connectivity index (χ0v) is 15.5. The van der Waals surface area contributed by atoms with E-state index in [0.717, 1.165) is 16.3 Å². The van der Waals surface area contributed by atoms with Crippen LogP contribution in [0.15, 0.2) is 52.4 Å². The predicted molar refractivity (Wildman–Crippen MR) is 108 cm³/mol. The van der Waals surface area contributed by atoms with Crippen LogP contribution in [0.3, 0.4) is 0 Å². The van der Waals surface area contributed by atoms with Gasteiger partial charge in [0, 0.05) is 19.4 Å². The van der Waals surface area contributed by atoms with Crippen molar-refractivity contribution in [2.45, 2.75) is 17.5 Å². The van der Waals surface area contributed by atoms with Crippen LogP contribution in [-0.2, 0) is 11.8 Å². The Balaban J connectivity index is 1.87. The Bertz CT molecular complexity index is 1160. The fourth-order valence-electron chi connectivity index (χ4n) is 3.48. The lowest BCUT2D eigenvalue weighted by Gasteiger charge is -2.27. The second-order valence-corrected chi connectivity index (χ2v) is 7.37. The van der Waals surface area contributed by atoms with Crippen molar-refractivity contribution in [1.82, 2.24) is 9.55 Å². The Hall–Kier alpha value is -3.04. The molecule has 1 aliphatic heterocycles. The molecule has 6 heteroatoms. The van der Waals surface area contributed by atoms with E-state index in [4.69, 9.17) is 6.42 Å². The minimum atomic E-state index is -0.323. The predicted octanol–water partition coefficient (Wildman–Crippen LogP) is 3.13. The molecule has 3 aromatic rings. The van der Waals surface area contributed by atoms with Gasteiger partial charge >= 0.3 is 0 Å². The van der Waals surface area contributed by atoms with E-state index < -0.39 is 0 Å². The normalized spacial score (nSPS) is 15.9. The van der Waals surface area contributed by atoms with Crippen molar-refractivity contribution >= 4 is 34.3 Å². The molecule has 0 fully saturated rings. The first-order valence-electron chi connectivity index (χ1n) is 8.54. The smallest absolute Gasteiger partial charge is 0.279 e. The van der Waals surface area contributed by atoms with Crippen molar-refractivity contribution in [2.75, 3.05) is 11.1 Å². The van der Waals surface area contributed by atoms with Crippen LogP contribution < -0.4 is 10.9 Å². The molecule has 0 saturated carbocycles. The van der Waals surface area contributed by atoms with Gasteiger partial charge in [0.15, 0.2) is 5.16 Å². The molecule has 2 aromatic carbocycles. The molecule has 27 heavy (non-hydrogen) atoms. The molecular formula is C21H17N3O2S. The number of anilines is 1. The molecule has 2 heterocycles. The summed E-state index contributed by atoms with van der Waals surface area (Å²) in [5.41, 5.74) is 1.14. The Morgan fingerprint density at radius 1 is 1.26 bits per heavy atom. The van der Waals surface area contributed by atoms with Gasteiger partial charge in [-0.2, -0.15) is 4.98 Å². The number of terminal acetylenes is 1. The zero-order chi connectivity index (χ0) is 19.0. The van der Waals surface area contributed by atoms with E-state index in [0.29, 0.717) is 22.3 Å². The molecule has 0 saturated heterocycles. The van der Waals surface area contributed by atoms with E-state index in [9.17, 15) is 9.59 Å². The molecule has 1 atom stereocenters. The Morgan fingerprint density at radius 2 is 2.04 bits per heavy atom. The number of nitrogens with zero attached hydrogens (tertiary/aromatic N) is 2. The molecule has 1 N–H and O–H groups in total. The van der Waals surface area contributed by atoms with Crippen LogP contribution in [0.25, 0.3) is 10.8 Å². The maximum Gasteiger partial charge on any atom is 0.279 e. The number of carbonyl (C=O) groups is 1. The second kappa shape index (κ2) is 6.93. The van der Waals surface area contributed by atoms with Crippen molar-refractivity contribution < 1.29 is 4.79 Å². The number of nitrogens with one attached hydrogen (secondary N) is 1.